The molecule has 0 fully saturated rings. The third kappa shape index (κ3) is 5.41. The van der Waals surface area contributed by atoms with E-state index < -0.39 is 17.7 Å². The molecule has 0 atom stereocenters. The maximum Gasteiger partial charge on any atom is 0.410 e. The zero-order chi connectivity index (χ0) is 21.7. The maximum absolute atomic E-state index is 12.5. The van der Waals surface area contributed by atoms with E-state index in [1.54, 1.807) is 0 Å². The summed E-state index contributed by atoms with van der Waals surface area (Å²) in [7, 11) is 1.34. The van der Waals surface area contributed by atoms with Crippen LogP contribution in [-0.2, 0) is 20.9 Å². The van der Waals surface area contributed by atoms with Gasteiger partial charge in [-0.05, 0) is 49.6 Å². The molecule has 0 saturated carbocycles. The van der Waals surface area contributed by atoms with Crippen LogP contribution in [0.5, 0.6) is 5.75 Å². The fourth-order valence-corrected chi connectivity index (χ4v) is 3.18. The molecule has 1 aliphatic rings. The van der Waals surface area contributed by atoms with Crippen LogP contribution in [0.3, 0.4) is 0 Å². The smallest absolute Gasteiger partial charge is 0.410 e. The summed E-state index contributed by atoms with van der Waals surface area (Å²) < 4.78 is 16.3. The Morgan fingerprint density at radius 1 is 1.00 bits per heavy atom. The minimum atomic E-state index is -0.615. The zero-order valence-corrected chi connectivity index (χ0v) is 17.8. The summed E-state index contributed by atoms with van der Waals surface area (Å²) in [6.45, 7) is 6.28. The van der Waals surface area contributed by atoms with Gasteiger partial charge in [-0.3, -0.25) is 4.90 Å². The van der Waals surface area contributed by atoms with Crippen LogP contribution in [0.15, 0.2) is 60.2 Å². The molecule has 6 nitrogen and oxygen atoms in total. The zero-order valence-electron chi connectivity index (χ0n) is 17.8. The molecule has 1 heterocycles. The number of amides is 1. The number of ether oxygens (including phenoxy) is 3. The number of hydrogen-bond acceptors (Lipinski definition) is 5. The van der Waals surface area contributed by atoms with Gasteiger partial charge in [0.15, 0.2) is 0 Å². The van der Waals surface area contributed by atoms with Crippen molar-refractivity contribution in [1.82, 2.24) is 4.90 Å². The molecule has 30 heavy (non-hydrogen) atoms. The van der Waals surface area contributed by atoms with E-state index >= 15 is 0 Å². The Balaban J connectivity index is 1.80. The molecule has 0 unspecified atom stereocenters. The number of carbonyl (C=O) groups excluding carboxylic acids is 2. The molecule has 158 valence electrons. The number of benzene rings is 2. The van der Waals surface area contributed by atoms with Crippen LogP contribution in [0.1, 0.15) is 31.9 Å². The van der Waals surface area contributed by atoms with Crippen molar-refractivity contribution < 1.29 is 23.8 Å². The van der Waals surface area contributed by atoms with Crippen LogP contribution in [-0.4, -0.2) is 42.8 Å². The SMILES string of the molecule is COC(=O)C1=C(c2cccc(OCc3ccccc3)c2)CN(C(=O)OC(C)(C)C)C1. The highest BCUT2D eigenvalue weighted by Crippen LogP contribution is 2.31. The van der Waals surface area contributed by atoms with Gasteiger partial charge in [0.25, 0.3) is 0 Å². The first-order valence-electron chi connectivity index (χ1n) is 9.82. The summed E-state index contributed by atoms with van der Waals surface area (Å²) in [5.74, 6) is 0.232. The van der Waals surface area contributed by atoms with Crippen molar-refractivity contribution in [3.63, 3.8) is 0 Å². The Morgan fingerprint density at radius 2 is 1.73 bits per heavy atom. The molecular weight excluding hydrogens is 382 g/mol. The van der Waals surface area contributed by atoms with Gasteiger partial charge in [0.1, 0.15) is 18.0 Å². The average Bonchev–Trinajstić information content (AvgIpc) is 3.17. The van der Waals surface area contributed by atoms with Gasteiger partial charge in [0.2, 0.25) is 0 Å². The first-order chi connectivity index (χ1) is 14.3. The topological polar surface area (TPSA) is 65.1 Å². The molecule has 0 aromatic heterocycles. The lowest BCUT2D eigenvalue weighted by Crippen LogP contribution is -2.36. The largest absolute Gasteiger partial charge is 0.489 e. The highest BCUT2D eigenvalue weighted by atomic mass is 16.6. The highest BCUT2D eigenvalue weighted by Gasteiger charge is 2.33. The fourth-order valence-electron chi connectivity index (χ4n) is 3.18. The monoisotopic (exact) mass is 409 g/mol. The van der Waals surface area contributed by atoms with Crippen LogP contribution < -0.4 is 4.74 Å². The number of esters is 1. The van der Waals surface area contributed by atoms with Gasteiger partial charge in [-0.15, -0.1) is 0 Å². The Hall–Kier alpha value is -3.28. The van der Waals surface area contributed by atoms with E-state index in [-0.39, 0.29) is 13.1 Å². The second-order valence-corrected chi connectivity index (χ2v) is 8.09. The van der Waals surface area contributed by atoms with E-state index in [0.29, 0.717) is 17.9 Å². The van der Waals surface area contributed by atoms with Crippen LogP contribution in [0.2, 0.25) is 0 Å². The summed E-state index contributed by atoms with van der Waals surface area (Å²) in [6.07, 6.45) is -0.463. The molecule has 3 rings (SSSR count). The van der Waals surface area contributed by atoms with Crippen molar-refractivity contribution in [3.05, 3.63) is 71.3 Å². The second-order valence-electron chi connectivity index (χ2n) is 8.09. The van der Waals surface area contributed by atoms with Crippen LogP contribution in [0, 0.1) is 0 Å². The second kappa shape index (κ2) is 9.03. The maximum atomic E-state index is 12.5. The van der Waals surface area contributed by atoms with E-state index in [1.165, 1.54) is 12.0 Å². The summed E-state index contributed by atoms with van der Waals surface area (Å²) in [5, 5.41) is 0. The number of nitrogens with zero attached hydrogens (tertiary/aromatic N) is 1. The predicted octanol–water partition coefficient (Wildman–Crippen LogP) is 4.44. The molecule has 0 saturated heterocycles. The van der Waals surface area contributed by atoms with E-state index in [9.17, 15) is 9.59 Å². The van der Waals surface area contributed by atoms with E-state index in [2.05, 4.69) is 0 Å². The lowest BCUT2D eigenvalue weighted by atomic mass is 10.0. The Bertz CT molecular complexity index is 944. The van der Waals surface area contributed by atoms with Crippen LogP contribution in [0.25, 0.3) is 5.57 Å². The van der Waals surface area contributed by atoms with E-state index in [0.717, 1.165) is 16.7 Å². The predicted molar refractivity (Wildman–Crippen MR) is 114 cm³/mol. The minimum Gasteiger partial charge on any atom is -0.489 e. The molecule has 0 N–H and O–H groups in total. The summed E-state index contributed by atoms with van der Waals surface area (Å²) in [4.78, 5) is 26.4. The summed E-state index contributed by atoms with van der Waals surface area (Å²) in [6, 6.07) is 17.4. The van der Waals surface area contributed by atoms with E-state index in [1.807, 2.05) is 75.4 Å². The molecule has 0 spiro atoms. The molecule has 1 aliphatic heterocycles. The lowest BCUT2D eigenvalue weighted by molar-refractivity contribution is -0.136. The van der Waals surface area contributed by atoms with Gasteiger partial charge in [0.05, 0.1) is 25.8 Å². The quantitative estimate of drug-likeness (QED) is 0.683. The molecule has 0 aliphatic carbocycles. The van der Waals surface area contributed by atoms with Gasteiger partial charge in [-0.25, -0.2) is 9.59 Å². The standard InChI is InChI=1S/C24H27NO5/c1-24(2,3)30-23(27)25-14-20(21(15-25)22(26)28-4)18-11-8-12-19(13-18)29-16-17-9-6-5-7-10-17/h5-13H,14-16H2,1-4H3. The third-order valence-corrected chi connectivity index (χ3v) is 4.58. The molecule has 2 aromatic carbocycles. The van der Waals surface area contributed by atoms with Gasteiger partial charge in [-0.2, -0.15) is 0 Å². The minimum absolute atomic E-state index is 0.145. The summed E-state index contributed by atoms with van der Waals surface area (Å²) >= 11 is 0. The first-order valence-corrected chi connectivity index (χ1v) is 9.82. The van der Waals surface area contributed by atoms with Crippen molar-refractivity contribution >= 4 is 17.6 Å². The van der Waals surface area contributed by atoms with Crippen molar-refractivity contribution in [2.24, 2.45) is 0 Å². The van der Waals surface area contributed by atoms with Gasteiger partial charge in [0, 0.05) is 0 Å². The van der Waals surface area contributed by atoms with Crippen molar-refractivity contribution in [2.75, 3.05) is 20.2 Å². The normalized spacial score (nSPS) is 13.9. The molecule has 2 aromatic rings. The molecule has 0 radical (unpaired) electrons. The molecule has 1 amide bonds. The van der Waals surface area contributed by atoms with Crippen LogP contribution >= 0.6 is 0 Å². The van der Waals surface area contributed by atoms with E-state index in [4.69, 9.17) is 14.2 Å². The Labute approximate surface area is 177 Å². The number of hydrogen-bond donors (Lipinski definition) is 0. The average molecular weight is 409 g/mol. The van der Waals surface area contributed by atoms with Crippen molar-refractivity contribution in [2.45, 2.75) is 33.0 Å². The Kier molecular flexibility index (Phi) is 6.45. The summed E-state index contributed by atoms with van der Waals surface area (Å²) in [5.41, 5.74) is 2.44. The van der Waals surface area contributed by atoms with Gasteiger partial charge < -0.3 is 14.2 Å². The molecule has 0 bridgehead atoms. The number of rotatable bonds is 5. The molecular formula is C24H27NO5. The Morgan fingerprint density at radius 3 is 2.40 bits per heavy atom. The third-order valence-electron chi connectivity index (χ3n) is 4.58. The number of carbonyl (C=O) groups is 2. The van der Waals surface area contributed by atoms with Crippen molar-refractivity contribution in [3.8, 4) is 5.75 Å². The number of methoxy groups -OCH3 is 1. The highest BCUT2D eigenvalue weighted by molar-refractivity contribution is 6.01. The fraction of sp³-hybridized carbons (Fsp3) is 0.333. The van der Waals surface area contributed by atoms with Crippen molar-refractivity contribution in [1.29, 1.82) is 0 Å². The first kappa shape index (κ1) is 21.4. The van der Waals surface area contributed by atoms with Crippen LogP contribution in [0.4, 0.5) is 4.79 Å². The van der Waals surface area contributed by atoms with Gasteiger partial charge >= 0.3 is 12.1 Å². The van der Waals surface area contributed by atoms with Gasteiger partial charge in [-0.1, -0.05) is 42.5 Å². The molecule has 6 heteroatoms. The lowest BCUT2D eigenvalue weighted by Gasteiger charge is -2.24.